The summed E-state index contributed by atoms with van der Waals surface area (Å²) in [5.41, 5.74) is 3.83. The molecule has 0 saturated heterocycles. The highest BCUT2D eigenvalue weighted by Gasteiger charge is 2.38. The van der Waals surface area contributed by atoms with Gasteiger partial charge in [-0.1, -0.05) is 32.0 Å². The Morgan fingerprint density at radius 1 is 1.21 bits per heavy atom. The van der Waals surface area contributed by atoms with E-state index in [1.807, 2.05) is 0 Å². The molecule has 1 aliphatic heterocycles. The second-order valence-electron chi connectivity index (χ2n) is 11.8. The van der Waals surface area contributed by atoms with Crippen LogP contribution in [0.4, 0.5) is 0 Å². The fourth-order valence-electron chi connectivity index (χ4n) is 5.92. The number of amides is 1. The van der Waals surface area contributed by atoms with Crippen molar-refractivity contribution in [3.8, 4) is 0 Å². The summed E-state index contributed by atoms with van der Waals surface area (Å²) in [6.07, 6.45) is 5.09. The van der Waals surface area contributed by atoms with Crippen molar-refractivity contribution >= 4 is 34.1 Å². The SMILES string of the molecule is CC(C)C1c2[nH]c3ccccc3c2CCN1C(=O)[C@H]1CC[C@H](CN(C)C(=S)NC(C)(C)C)CC1. The number of nitrogens with one attached hydrogen (secondary N) is 2. The molecule has 186 valence electrons. The highest BCUT2D eigenvalue weighted by Crippen LogP contribution is 2.40. The third-order valence-electron chi connectivity index (χ3n) is 7.55. The van der Waals surface area contributed by atoms with Gasteiger partial charge in [-0.25, -0.2) is 0 Å². The van der Waals surface area contributed by atoms with Crippen molar-refractivity contribution in [2.75, 3.05) is 20.1 Å². The highest BCUT2D eigenvalue weighted by atomic mass is 32.1. The molecule has 1 amide bonds. The van der Waals surface area contributed by atoms with Crippen LogP contribution in [0, 0.1) is 17.8 Å². The van der Waals surface area contributed by atoms with Crippen LogP contribution in [0.25, 0.3) is 10.9 Å². The van der Waals surface area contributed by atoms with Crippen molar-refractivity contribution < 1.29 is 4.79 Å². The highest BCUT2D eigenvalue weighted by molar-refractivity contribution is 7.80. The van der Waals surface area contributed by atoms with Crippen molar-refractivity contribution in [1.82, 2.24) is 20.1 Å². The zero-order valence-corrected chi connectivity index (χ0v) is 22.6. The van der Waals surface area contributed by atoms with Crippen molar-refractivity contribution in [1.29, 1.82) is 0 Å². The second-order valence-corrected chi connectivity index (χ2v) is 12.2. The van der Waals surface area contributed by atoms with Gasteiger partial charge in [-0.3, -0.25) is 4.79 Å². The van der Waals surface area contributed by atoms with Gasteiger partial charge >= 0.3 is 0 Å². The summed E-state index contributed by atoms with van der Waals surface area (Å²) in [6, 6.07) is 8.69. The first-order valence-corrected chi connectivity index (χ1v) is 13.4. The molecule has 34 heavy (non-hydrogen) atoms. The molecule has 1 unspecified atom stereocenters. The van der Waals surface area contributed by atoms with E-state index in [1.54, 1.807) is 0 Å². The zero-order chi connectivity index (χ0) is 24.6. The van der Waals surface area contributed by atoms with Gasteiger partial charge in [0, 0.05) is 48.2 Å². The fourth-order valence-corrected chi connectivity index (χ4v) is 6.30. The van der Waals surface area contributed by atoms with Crippen LogP contribution in [0.3, 0.4) is 0 Å². The van der Waals surface area contributed by atoms with E-state index < -0.39 is 0 Å². The molecular weight excluding hydrogens is 440 g/mol. The summed E-state index contributed by atoms with van der Waals surface area (Å²) in [5.74, 6) is 1.47. The molecule has 2 aliphatic rings. The number of nitrogens with zero attached hydrogens (tertiary/aromatic N) is 2. The Morgan fingerprint density at radius 2 is 1.88 bits per heavy atom. The van der Waals surface area contributed by atoms with Crippen LogP contribution >= 0.6 is 12.2 Å². The van der Waals surface area contributed by atoms with Gasteiger partial charge in [-0.15, -0.1) is 0 Å². The average Bonchev–Trinajstić information content (AvgIpc) is 3.15. The lowest BCUT2D eigenvalue weighted by Crippen LogP contribution is -2.48. The summed E-state index contributed by atoms with van der Waals surface area (Å²) in [6.45, 7) is 12.7. The van der Waals surface area contributed by atoms with Crippen LogP contribution in [0.2, 0.25) is 0 Å². The molecule has 1 fully saturated rings. The van der Waals surface area contributed by atoms with Gasteiger partial charge in [0.2, 0.25) is 5.91 Å². The number of benzene rings is 1. The largest absolute Gasteiger partial charge is 0.358 e. The average molecular weight is 483 g/mol. The fraction of sp³-hybridized carbons (Fsp3) is 0.643. The number of carbonyl (C=O) groups excluding carboxylic acids is 1. The number of hydrogen-bond acceptors (Lipinski definition) is 2. The van der Waals surface area contributed by atoms with E-state index >= 15 is 0 Å². The van der Waals surface area contributed by atoms with E-state index in [-0.39, 0.29) is 17.5 Å². The van der Waals surface area contributed by atoms with E-state index in [0.717, 1.165) is 50.3 Å². The molecule has 2 N–H and O–H groups in total. The van der Waals surface area contributed by atoms with Crippen molar-refractivity contribution in [2.45, 2.75) is 78.3 Å². The molecule has 1 atom stereocenters. The van der Waals surface area contributed by atoms with Crippen molar-refractivity contribution in [3.05, 3.63) is 35.5 Å². The minimum atomic E-state index is -0.0261. The summed E-state index contributed by atoms with van der Waals surface area (Å²) in [7, 11) is 2.08. The van der Waals surface area contributed by atoms with Gasteiger partial charge in [-0.05, 0) is 88.6 Å². The maximum atomic E-state index is 13.8. The normalized spacial score (nSPS) is 23.1. The Morgan fingerprint density at radius 3 is 2.53 bits per heavy atom. The molecule has 4 rings (SSSR count). The Bertz CT molecular complexity index is 1030. The van der Waals surface area contributed by atoms with Crippen LogP contribution in [0.5, 0.6) is 0 Å². The molecule has 2 aromatic rings. The number of carbonyl (C=O) groups is 1. The van der Waals surface area contributed by atoms with E-state index in [9.17, 15) is 4.79 Å². The summed E-state index contributed by atoms with van der Waals surface area (Å²) in [5, 5.41) is 5.54. The van der Waals surface area contributed by atoms with Gasteiger partial charge in [0.05, 0.1) is 6.04 Å². The molecule has 0 bridgehead atoms. The Balaban J connectivity index is 1.39. The lowest BCUT2D eigenvalue weighted by Gasteiger charge is -2.41. The number of aromatic amines is 1. The zero-order valence-electron chi connectivity index (χ0n) is 21.8. The minimum Gasteiger partial charge on any atom is -0.358 e. The third-order valence-corrected chi connectivity index (χ3v) is 7.97. The predicted molar refractivity (Wildman–Crippen MR) is 145 cm³/mol. The molecule has 0 spiro atoms. The molecule has 5 nitrogen and oxygen atoms in total. The van der Waals surface area contributed by atoms with E-state index in [2.05, 4.69) is 86.0 Å². The first-order chi connectivity index (χ1) is 16.0. The van der Waals surface area contributed by atoms with Crippen LogP contribution in [0.15, 0.2) is 24.3 Å². The van der Waals surface area contributed by atoms with E-state index in [4.69, 9.17) is 12.2 Å². The van der Waals surface area contributed by atoms with Crippen molar-refractivity contribution in [2.24, 2.45) is 17.8 Å². The number of H-pyrrole nitrogens is 1. The Hall–Kier alpha value is -2.08. The first kappa shape index (κ1) is 25.0. The smallest absolute Gasteiger partial charge is 0.226 e. The number of fused-ring (bicyclic) bond motifs is 3. The number of hydrogen-bond donors (Lipinski definition) is 2. The lowest BCUT2D eigenvalue weighted by molar-refractivity contribution is -0.141. The van der Waals surface area contributed by atoms with Gasteiger partial charge in [0.25, 0.3) is 0 Å². The third kappa shape index (κ3) is 5.27. The minimum absolute atomic E-state index is 0.0261. The molecule has 1 aliphatic carbocycles. The Kier molecular flexibility index (Phi) is 7.28. The quantitative estimate of drug-likeness (QED) is 0.552. The summed E-state index contributed by atoms with van der Waals surface area (Å²) in [4.78, 5) is 21.8. The van der Waals surface area contributed by atoms with Crippen LogP contribution in [-0.4, -0.2) is 51.5 Å². The van der Waals surface area contributed by atoms with Gasteiger partial charge in [0.15, 0.2) is 5.11 Å². The topological polar surface area (TPSA) is 51.4 Å². The van der Waals surface area contributed by atoms with E-state index in [1.165, 1.54) is 22.2 Å². The maximum absolute atomic E-state index is 13.8. The van der Waals surface area contributed by atoms with Crippen LogP contribution < -0.4 is 5.32 Å². The van der Waals surface area contributed by atoms with Crippen molar-refractivity contribution in [3.63, 3.8) is 0 Å². The number of para-hydroxylation sites is 1. The monoisotopic (exact) mass is 482 g/mol. The molecule has 6 heteroatoms. The number of aromatic nitrogens is 1. The lowest BCUT2D eigenvalue weighted by atomic mass is 9.80. The molecule has 1 aromatic heterocycles. The van der Waals surface area contributed by atoms with Crippen LogP contribution in [-0.2, 0) is 11.2 Å². The molecule has 1 saturated carbocycles. The van der Waals surface area contributed by atoms with Gasteiger partial charge in [-0.2, -0.15) is 0 Å². The number of rotatable bonds is 4. The predicted octanol–water partition coefficient (Wildman–Crippen LogP) is 5.66. The second kappa shape index (κ2) is 9.88. The molecule has 1 aromatic carbocycles. The number of thiocarbonyl (C=S) groups is 1. The maximum Gasteiger partial charge on any atom is 0.226 e. The van der Waals surface area contributed by atoms with E-state index in [0.29, 0.717) is 17.7 Å². The molecule has 0 radical (unpaired) electrons. The molecule has 2 heterocycles. The summed E-state index contributed by atoms with van der Waals surface area (Å²) < 4.78 is 0. The Labute approximate surface area is 210 Å². The first-order valence-electron chi connectivity index (χ1n) is 13.0. The van der Waals surface area contributed by atoms with Gasteiger partial charge < -0.3 is 20.1 Å². The standard InChI is InChI=1S/C28H42N4OS/c1-18(2)25-24-22(21-9-7-8-10-23(21)29-24)15-16-32(25)26(33)20-13-11-19(12-14-20)17-31(6)27(34)30-28(3,4)5/h7-10,18-20,25,29H,11-17H2,1-6H3,(H,30,34)/t19-,20-,25?. The summed E-state index contributed by atoms with van der Waals surface area (Å²) >= 11 is 5.59. The van der Waals surface area contributed by atoms with Gasteiger partial charge in [0.1, 0.15) is 0 Å². The molecular formula is C28H42N4OS. The van der Waals surface area contributed by atoms with Crippen LogP contribution in [0.1, 0.15) is 77.6 Å².